The topological polar surface area (TPSA) is 29.5 Å². The van der Waals surface area contributed by atoms with E-state index in [1.807, 2.05) is 12.1 Å². The van der Waals surface area contributed by atoms with Crippen LogP contribution in [0.4, 0.5) is 0 Å². The number of aryl methyl sites for hydroxylation is 1. The lowest BCUT2D eigenvalue weighted by Crippen LogP contribution is -2.42. The number of ether oxygens (including phenoxy) is 1. The van der Waals surface area contributed by atoms with E-state index in [9.17, 15) is 4.79 Å². The lowest BCUT2D eigenvalue weighted by Gasteiger charge is -2.33. The van der Waals surface area contributed by atoms with Crippen LogP contribution in [0.3, 0.4) is 0 Å². The van der Waals surface area contributed by atoms with Gasteiger partial charge in [0.1, 0.15) is 5.75 Å². The quantitative estimate of drug-likeness (QED) is 0.846. The number of hydrogen-bond acceptors (Lipinski definition) is 2. The standard InChI is InChI=1S/C19H27NO2/c1-15-6-8-18(9-7-15)22-14-16-10-12-20(13-11-16)19(21)17-4-2-3-5-17/h6-9,16-17H,2-5,10-14H2,1H3. The molecule has 1 amide bonds. The first-order valence-electron chi connectivity index (χ1n) is 8.70. The van der Waals surface area contributed by atoms with Crippen LogP contribution in [-0.4, -0.2) is 30.5 Å². The van der Waals surface area contributed by atoms with Crippen LogP contribution in [0.25, 0.3) is 0 Å². The van der Waals surface area contributed by atoms with Crippen molar-refractivity contribution in [3.05, 3.63) is 29.8 Å². The molecule has 0 radical (unpaired) electrons. The average Bonchev–Trinajstić information content (AvgIpc) is 3.09. The smallest absolute Gasteiger partial charge is 0.225 e. The minimum Gasteiger partial charge on any atom is -0.493 e. The Hall–Kier alpha value is -1.51. The summed E-state index contributed by atoms with van der Waals surface area (Å²) in [6, 6.07) is 8.23. The third-order valence-corrected chi connectivity index (χ3v) is 5.14. The Morgan fingerprint density at radius 2 is 1.73 bits per heavy atom. The fraction of sp³-hybridized carbons (Fsp3) is 0.632. The number of benzene rings is 1. The second kappa shape index (κ2) is 7.17. The Kier molecular flexibility index (Phi) is 5.01. The van der Waals surface area contributed by atoms with Crippen molar-refractivity contribution in [1.82, 2.24) is 4.90 Å². The van der Waals surface area contributed by atoms with Crippen molar-refractivity contribution in [3.8, 4) is 5.75 Å². The zero-order valence-electron chi connectivity index (χ0n) is 13.6. The highest BCUT2D eigenvalue weighted by atomic mass is 16.5. The molecule has 1 aromatic rings. The van der Waals surface area contributed by atoms with Crippen molar-refractivity contribution in [2.75, 3.05) is 19.7 Å². The van der Waals surface area contributed by atoms with Crippen LogP contribution in [-0.2, 0) is 4.79 Å². The van der Waals surface area contributed by atoms with E-state index in [0.717, 1.165) is 51.1 Å². The molecule has 0 N–H and O–H groups in total. The van der Waals surface area contributed by atoms with Gasteiger partial charge in [-0.2, -0.15) is 0 Å². The molecule has 1 saturated heterocycles. The third kappa shape index (κ3) is 3.82. The molecule has 3 nitrogen and oxygen atoms in total. The SMILES string of the molecule is Cc1ccc(OCC2CCN(C(=O)C3CCCC3)CC2)cc1. The predicted octanol–water partition coefficient (Wildman–Crippen LogP) is 3.80. The van der Waals surface area contributed by atoms with E-state index in [4.69, 9.17) is 4.74 Å². The minimum absolute atomic E-state index is 0.320. The number of carbonyl (C=O) groups excluding carboxylic acids is 1. The average molecular weight is 301 g/mol. The molecule has 1 aromatic carbocycles. The van der Waals surface area contributed by atoms with Crippen LogP contribution >= 0.6 is 0 Å². The molecule has 0 bridgehead atoms. The van der Waals surface area contributed by atoms with Crippen LogP contribution in [0.2, 0.25) is 0 Å². The van der Waals surface area contributed by atoms with Gasteiger partial charge in [-0.05, 0) is 50.7 Å². The van der Waals surface area contributed by atoms with E-state index in [1.165, 1.54) is 18.4 Å². The minimum atomic E-state index is 0.320. The van der Waals surface area contributed by atoms with Crippen molar-refractivity contribution >= 4 is 5.91 Å². The van der Waals surface area contributed by atoms with E-state index in [2.05, 4.69) is 24.0 Å². The van der Waals surface area contributed by atoms with E-state index in [-0.39, 0.29) is 0 Å². The molecule has 0 spiro atoms. The summed E-state index contributed by atoms with van der Waals surface area (Å²) >= 11 is 0. The summed E-state index contributed by atoms with van der Waals surface area (Å²) in [7, 11) is 0. The Morgan fingerprint density at radius 1 is 1.09 bits per heavy atom. The molecule has 22 heavy (non-hydrogen) atoms. The van der Waals surface area contributed by atoms with Gasteiger partial charge in [-0.1, -0.05) is 30.5 Å². The number of rotatable bonds is 4. The van der Waals surface area contributed by atoms with Crippen LogP contribution in [0.15, 0.2) is 24.3 Å². The van der Waals surface area contributed by atoms with Gasteiger partial charge in [0.05, 0.1) is 6.61 Å². The Bertz CT molecular complexity index is 483. The van der Waals surface area contributed by atoms with E-state index >= 15 is 0 Å². The molecule has 1 aliphatic carbocycles. The number of carbonyl (C=O) groups is 1. The van der Waals surface area contributed by atoms with Crippen LogP contribution in [0, 0.1) is 18.8 Å². The molecule has 3 heteroatoms. The van der Waals surface area contributed by atoms with E-state index in [1.54, 1.807) is 0 Å². The summed E-state index contributed by atoms with van der Waals surface area (Å²) in [6.07, 6.45) is 6.83. The molecule has 2 fully saturated rings. The van der Waals surface area contributed by atoms with Crippen molar-refractivity contribution in [2.45, 2.75) is 45.4 Å². The van der Waals surface area contributed by atoms with Gasteiger partial charge in [-0.3, -0.25) is 4.79 Å². The van der Waals surface area contributed by atoms with Gasteiger partial charge in [-0.15, -0.1) is 0 Å². The van der Waals surface area contributed by atoms with Gasteiger partial charge in [-0.25, -0.2) is 0 Å². The van der Waals surface area contributed by atoms with Crippen LogP contribution < -0.4 is 4.74 Å². The van der Waals surface area contributed by atoms with Crippen molar-refractivity contribution in [1.29, 1.82) is 0 Å². The number of amides is 1. The summed E-state index contributed by atoms with van der Waals surface area (Å²) in [6.45, 7) is 4.68. The molecule has 1 aliphatic heterocycles. The number of nitrogens with zero attached hydrogens (tertiary/aromatic N) is 1. The first-order chi connectivity index (χ1) is 10.7. The molecule has 0 aromatic heterocycles. The summed E-state index contributed by atoms with van der Waals surface area (Å²) in [5.41, 5.74) is 1.26. The lowest BCUT2D eigenvalue weighted by molar-refractivity contribution is -0.136. The molecule has 1 saturated carbocycles. The lowest BCUT2D eigenvalue weighted by atomic mass is 9.96. The first-order valence-corrected chi connectivity index (χ1v) is 8.70. The fourth-order valence-electron chi connectivity index (χ4n) is 3.60. The number of piperidine rings is 1. The zero-order chi connectivity index (χ0) is 15.4. The van der Waals surface area contributed by atoms with E-state index in [0.29, 0.717) is 17.7 Å². The Balaban J connectivity index is 1.41. The third-order valence-electron chi connectivity index (χ3n) is 5.14. The predicted molar refractivity (Wildman–Crippen MR) is 87.9 cm³/mol. The second-order valence-electron chi connectivity index (χ2n) is 6.87. The largest absolute Gasteiger partial charge is 0.493 e. The van der Waals surface area contributed by atoms with Crippen LogP contribution in [0.1, 0.15) is 44.1 Å². The molecule has 0 unspecified atom stereocenters. The number of hydrogen-bond donors (Lipinski definition) is 0. The molecular weight excluding hydrogens is 274 g/mol. The highest BCUT2D eigenvalue weighted by Gasteiger charge is 2.30. The Labute approximate surface area is 133 Å². The van der Waals surface area contributed by atoms with Gasteiger partial charge in [0.2, 0.25) is 5.91 Å². The molecule has 2 aliphatic rings. The highest BCUT2D eigenvalue weighted by Crippen LogP contribution is 2.28. The van der Waals surface area contributed by atoms with Crippen molar-refractivity contribution in [2.24, 2.45) is 11.8 Å². The monoisotopic (exact) mass is 301 g/mol. The second-order valence-corrected chi connectivity index (χ2v) is 6.87. The molecule has 0 atom stereocenters. The zero-order valence-corrected chi connectivity index (χ0v) is 13.6. The van der Waals surface area contributed by atoms with E-state index < -0.39 is 0 Å². The Morgan fingerprint density at radius 3 is 2.36 bits per heavy atom. The van der Waals surface area contributed by atoms with Gasteiger partial charge in [0.15, 0.2) is 0 Å². The summed E-state index contributed by atoms with van der Waals surface area (Å²) in [4.78, 5) is 14.5. The molecule has 1 heterocycles. The van der Waals surface area contributed by atoms with Crippen molar-refractivity contribution < 1.29 is 9.53 Å². The first kappa shape index (κ1) is 15.4. The maximum Gasteiger partial charge on any atom is 0.225 e. The molecular formula is C19H27NO2. The van der Waals surface area contributed by atoms with Crippen LogP contribution in [0.5, 0.6) is 5.75 Å². The maximum absolute atomic E-state index is 12.4. The summed E-state index contributed by atoms with van der Waals surface area (Å²) in [5, 5.41) is 0. The maximum atomic E-state index is 12.4. The van der Waals surface area contributed by atoms with Gasteiger partial charge < -0.3 is 9.64 Å². The van der Waals surface area contributed by atoms with Crippen molar-refractivity contribution in [3.63, 3.8) is 0 Å². The fourth-order valence-corrected chi connectivity index (χ4v) is 3.60. The summed E-state index contributed by atoms with van der Waals surface area (Å²) in [5.74, 6) is 2.26. The number of likely N-dealkylation sites (tertiary alicyclic amines) is 1. The summed E-state index contributed by atoms with van der Waals surface area (Å²) < 4.78 is 5.89. The molecule has 120 valence electrons. The van der Waals surface area contributed by atoms with Gasteiger partial charge in [0, 0.05) is 19.0 Å². The van der Waals surface area contributed by atoms with Gasteiger partial charge in [0.25, 0.3) is 0 Å². The highest BCUT2D eigenvalue weighted by molar-refractivity contribution is 5.79. The normalized spacial score (nSPS) is 20.3. The van der Waals surface area contributed by atoms with Gasteiger partial charge >= 0.3 is 0 Å². The molecule has 3 rings (SSSR count).